The van der Waals surface area contributed by atoms with Crippen molar-refractivity contribution < 1.29 is 28.6 Å². The molecule has 0 aromatic carbocycles. The zero-order valence-electron chi connectivity index (χ0n) is 47.4. The van der Waals surface area contributed by atoms with Crippen molar-refractivity contribution in [3.8, 4) is 0 Å². The second-order valence-corrected chi connectivity index (χ2v) is 19.5. The van der Waals surface area contributed by atoms with Gasteiger partial charge in [0.1, 0.15) is 13.2 Å². The first-order chi connectivity index (χ1) is 36.0. The minimum Gasteiger partial charge on any atom is -0.462 e. The molecule has 0 aromatic rings. The van der Waals surface area contributed by atoms with Crippen molar-refractivity contribution in [3.05, 3.63) is 122 Å². The van der Waals surface area contributed by atoms with E-state index in [1.165, 1.54) is 89.9 Å². The van der Waals surface area contributed by atoms with Gasteiger partial charge >= 0.3 is 17.9 Å². The van der Waals surface area contributed by atoms with Gasteiger partial charge in [-0.25, -0.2) is 0 Å². The Balaban J connectivity index is 4.44. The fraction of sp³-hybridized carbons (Fsp3) is 0.657. The Morgan fingerprint density at radius 2 is 0.534 bits per heavy atom. The molecule has 6 nitrogen and oxygen atoms in total. The lowest BCUT2D eigenvalue weighted by Crippen LogP contribution is -2.30. The number of unbranched alkanes of at least 4 members (excludes halogenated alkanes) is 22. The van der Waals surface area contributed by atoms with Gasteiger partial charge in [0, 0.05) is 19.3 Å². The zero-order chi connectivity index (χ0) is 52.9. The van der Waals surface area contributed by atoms with Gasteiger partial charge < -0.3 is 14.2 Å². The molecule has 0 N–H and O–H groups in total. The van der Waals surface area contributed by atoms with Gasteiger partial charge in [0.05, 0.1) is 0 Å². The van der Waals surface area contributed by atoms with Gasteiger partial charge in [-0.1, -0.05) is 251 Å². The van der Waals surface area contributed by atoms with Crippen molar-refractivity contribution in [1.29, 1.82) is 0 Å². The van der Waals surface area contributed by atoms with Crippen LogP contribution in [0, 0.1) is 0 Å². The number of ether oxygens (including phenoxy) is 3. The number of hydrogen-bond acceptors (Lipinski definition) is 6. The second-order valence-electron chi connectivity index (χ2n) is 19.5. The van der Waals surface area contributed by atoms with Crippen LogP contribution in [-0.2, 0) is 28.6 Å². The third kappa shape index (κ3) is 58.6. The molecule has 414 valence electrons. The van der Waals surface area contributed by atoms with Crippen LogP contribution >= 0.6 is 0 Å². The third-order valence-corrected chi connectivity index (χ3v) is 12.5. The highest BCUT2D eigenvalue weighted by Crippen LogP contribution is 2.15. The summed E-state index contributed by atoms with van der Waals surface area (Å²) in [7, 11) is 0. The van der Waals surface area contributed by atoms with Crippen LogP contribution in [0.3, 0.4) is 0 Å². The molecule has 73 heavy (non-hydrogen) atoms. The first-order valence-corrected chi connectivity index (χ1v) is 30.0. The van der Waals surface area contributed by atoms with Crippen molar-refractivity contribution in [2.45, 2.75) is 271 Å². The maximum Gasteiger partial charge on any atom is 0.306 e. The summed E-state index contributed by atoms with van der Waals surface area (Å²) in [6.07, 6.45) is 83.3. The minimum atomic E-state index is -0.805. The lowest BCUT2D eigenvalue weighted by Gasteiger charge is -2.18. The molecule has 0 aliphatic rings. The molecule has 0 rings (SSSR count). The number of allylic oxidation sites excluding steroid dienone is 20. The van der Waals surface area contributed by atoms with Crippen LogP contribution in [0.5, 0.6) is 0 Å². The molecular formula is C67H110O6. The largest absolute Gasteiger partial charge is 0.462 e. The zero-order valence-corrected chi connectivity index (χ0v) is 47.4. The second kappa shape index (κ2) is 60.4. The van der Waals surface area contributed by atoms with E-state index in [1.54, 1.807) is 0 Å². The summed E-state index contributed by atoms with van der Waals surface area (Å²) in [5.41, 5.74) is 0. The Bertz CT molecular complexity index is 1540. The lowest BCUT2D eigenvalue weighted by molar-refractivity contribution is -0.167. The minimum absolute atomic E-state index is 0.0981. The number of rotatable bonds is 53. The molecule has 0 saturated heterocycles. The normalized spacial score (nSPS) is 13.0. The molecule has 0 radical (unpaired) electrons. The van der Waals surface area contributed by atoms with Crippen LogP contribution in [0.4, 0.5) is 0 Å². The Morgan fingerprint density at radius 3 is 0.890 bits per heavy atom. The van der Waals surface area contributed by atoms with Crippen molar-refractivity contribution in [3.63, 3.8) is 0 Å². The summed E-state index contributed by atoms with van der Waals surface area (Å²) in [4.78, 5) is 38.2. The van der Waals surface area contributed by atoms with E-state index < -0.39 is 6.10 Å². The number of carbonyl (C=O) groups is 3. The first-order valence-electron chi connectivity index (χ1n) is 30.0. The summed E-state index contributed by atoms with van der Waals surface area (Å²) in [6, 6.07) is 0. The van der Waals surface area contributed by atoms with Gasteiger partial charge in [-0.15, -0.1) is 0 Å². The predicted octanol–water partition coefficient (Wildman–Crippen LogP) is 20.4. The Labute approximate surface area is 450 Å². The average molecular weight is 1010 g/mol. The summed E-state index contributed by atoms with van der Waals surface area (Å²) >= 11 is 0. The van der Waals surface area contributed by atoms with Crippen molar-refractivity contribution >= 4 is 17.9 Å². The average Bonchev–Trinajstić information content (AvgIpc) is 3.39. The summed E-state index contributed by atoms with van der Waals surface area (Å²) in [5, 5.41) is 0. The highest BCUT2D eigenvalue weighted by atomic mass is 16.6. The lowest BCUT2D eigenvalue weighted by atomic mass is 10.0. The molecule has 1 atom stereocenters. The maximum atomic E-state index is 12.8. The number of esters is 3. The molecule has 0 fully saturated rings. The van der Waals surface area contributed by atoms with Gasteiger partial charge in [-0.05, 0) is 116 Å². The van der Waals surface area contributed by atoms with E-state index in [-0.39, 0.29) is 31.1 Å². The Kier molecular flexibility index (Phi) is 56.9. The maximum absolute atomic E-state index is 12.8. The molecule has 6 heteroatoms. The molecule has 0 amide bonds. The summed E-state index contributed by atoms with van der Waals surface area (Å²) in [5.74, 6) is -0.957. The fourth-order valence-electron chi connectivity index (χ4n) is 7.96. The van der Waals surface area contributed by atoms with E-state index in [0.29, 0.717) is 25.7 Å². The van der Waals surface area contributed by atoms with Gasteiger partial charge in [0.15, 0.2) is 6.10 Å². The fourth-order valence-corrected chi connectivity index (χ4v) is 7.96. The van der Waals surface area contributed by atoms with E-state index in [1.807, 2.05) is 0 Å². The molecule has 0 spiro atoms. The molecule has 0 saturated carbocycles. The number of hydrogen-bond donors (Lipinski definition) is 0. The smallest absolute Gasteiger partial charge is 0.306 e. The standard InChI is InChI=1S/C67H110O6/c1-4-7-10-13-16-19-22-25-27-28-29-30-31-32-33-34-35-36-37-38-40-42-45-48-51-54-57-60-66(69)72-63-64(62-71-65(68)59-56-53-50-47-44-41-24-21-18-15-12-9-6-3)73-67(70)61-58-55-52-49-46-43-39-26-23-20-17-14-11-8-5-2/h7,10,16-17,19-20,25-27,29-30,32-33,35-36,38-40,45,48,64H,4-6,8-9,11-15,18,21-24,28,31,34,37,41-44,46-47,49-63H2,1-3H3/b10-7-,19-16-,20-17-,27-25-,30-29-,33-32-,36-35-,39-26-,40-38-,48-45-. The Morgan fingerprint density at radius 1 is 0.288 bits per heavy atom. The first kappa shape index (κ1) is 68.8. The molecule has 0 aliphatic carbocycles. The van der Waals surface area contributed by atoms with Crippen LogP contribution in [0.15, 0.2) is 122 Å². The van der Waals surface area contributed by atoms with Crippen LogP contribution in [0.1, 0.15) is 265 Å². The number of carbonyl (C=O) groups excluding carboxylic acids is 3. The summed E-state index contributed by atoms with van der Waals surface area (Å²) < 4.78 is 16.8. The van der Waals surface area contributed by atoms with E-state index in [2.05, 4.69) is 142 Å². The molecule has 0 heterocycles. The molecule has 1 unspecified atom stereocenters. The Hall–Kier alpha value is -4.19. The SMILES string of the molecule is CC/C=C\C/C=C\C/C=C\C/C=C\C/C=C\C/C=C\C/C=C\C/C=C\CCCCC(=O)OCC(COC(=O)CCCCCCCCCCCCCCC)OC(=O)CCCCCCC/C=C\C/C=C\CCCCC. The predicted molar refractivity (Wildman–Crippen MR) is 316 cm³/mol. The van der Waals surface area contributed by atoms with Crippen molar-refractivity contribution in [2.75, 3.05) is 13.2 Å². The highest BCUT2D eigenvalue weighted by Gasteiger charge is 2.19. The van der Waals surface area contributed by atoms with Crippen LogP contribution in [0.25, 0.3) is 0 Å². The van der Waals surface area contributed by atoms with E-state index in [9.17, 15) is 14.4 Å². The molecule has 0 bridgehead atoms. The van der Waals surface area contributed by atoms with Gasteiger partial charge in [-0.2, -0.15) is 0 Å². The van der Waals surface area contributed by atoms with E-state index in [0.717, 1.165) is 128 Å². The highest BCUT2D eigenvalue weighted by molar-refractivity contribution is 5.71. The molecule has 0 aliphatic heterocycles. The topological polar surface area (TPSA) is 78.9 Å². The van der Waals surface area contributed by atoms with Gasteiger partial charge in [0.2, 0.25) is 0 Å². The van der Waals surface area contributed by atoms with Crippen molar-refractivity contribution in [2.24, 2.45) is 0 Å². The quantitative estimate of drug-likeness (QED) is 0.0261. The van der Waals surface area contributed by atoms with Crippen molar-refractivity contribution in [1.82, 2.24) is 0 Å². The van der Waals surface area contributed by atoms with Crippen LogP contribution < -0.4 is 0 Å². The van der Waals surface area contributed by atoms with Gasteiger partial charge in [-0.3, -0.25) is 14.4 Å². The van der Waals surface area contributed by atoms with Crippen LogP contribution in [0.2, 0.25) is 0 Å². The molecular weight excluding hydrogens is 901 g/mol. The summed E-state index contributed by atoms with van der Waals surface area (Å²) in [6.45, 7) is 6.45. The van der Waals surface area contributed by atoms with E-state index in [4.69, 9.17) is 14.2 Å². The third-order valence-electron chi connectivity index (χ3n) is 12.5. The molecule has 0 aromatic heterocycles. The van der Waals surface area contributed by atoms with Gasteiger partial charge in [0.25, 0.3) is 0 Å². The van der Waals surface area contributed by atoms with Crippen LogP contribution in [-0.4, -0.2) is 37.2 Å². The van der Waals surface area contributed by atoms with E-state index >= 15 is 0 Å². The monoisotopic (exact) mass is 1010 g/mol.